The van der Waals surface area contributed by atoms with Crippen molar-refractivity contribution in [2.24, 2.45) is 11.8 Å². The highest BCUT2D eigenvalue weighted by atomic mass is 32.2. The van der Waals surface area contributed by atoms with Crippen molar-refractivity contribution in [1.29, 1.82) is 0 Å². The number of hydrogen-bond acceptors (Lipinski definition) is 5. The zero-order chi connectivity index (χ0) is 21.5. The van der Waals surface area contributed by atoms with Crippen LogP contribution in [-0.4, -0.2) is 67.9 Å². The van der Waals surface area contributed by atoms with Gasteiger partial charge in [0.2, 0.25) is 15.5 Å². The van der Waals surface area contributed by atoms with Gasteiger partial charge in [0.15, 0.2) is 0 Å². The second kappa shape index (κ2) is 8.13. The molecule has 0 aliphatic carbocycles. The van der Waals surface area contributed by atoms with E-state index in [-0.39, 0.29) is 34.8 Å². The van der Waals surface area contributed by atoms with Gasteiger partial charge in [-0.25, -0.2) is 8.42 Å². The average molecular weight is 434 g/mol. The van der Waals surface area contributed by atoms with E-state index in [0.717, 1.165) is 6.42 Å². The number of sulfonamides is 1. The van der Waals surface area contributed by atoms with E-state index < -0.39 is 15.5 Å². The lowest BCUT2D eigenvalue weighted by atomic mass is 9.91. The summed E-state index contributed by atoms with van der Waals surface area (Å²) in [6.45, 7) is 6.68. The number of piperidine rings is 1. The molecule has 1 amide bonds. The van der Waals surface area contributed by atoms with Crippen molar-refractivity contribution in [3.63, 3.8) is 0 Å². The molecule has 2 fully saturated rings. The Morgan fingerprint density at radius 2 is 1.80 bits per heavy atom. The second-order valence-corrected chi connectivity index (χ2v) is 10.3. The van der Waals surface area contributed by atoms with Crippen LogP contribution in [0.4, 0.5) is 0 Å². The maximum atomic E-state index is 13.1. The molecule has 1 aromatic carbocycles. The summed E-state index contributed by atoms with van der Waals surface area (Å²) in [5.41, 5.74) is 0.0984. The number of H-pyrrole nitrogens is 1. The first-order valence-corrected chi connectivity index (χ1v) is 11.7. The van der Waals surface area contributed by atoms with Crippen LogP contribution in [0.25, 0.3) is 10.9 Å². The summed E-state index contributed by atoms with van der Waals surface area (Å²) in [6.07, 6.45) is 2.49. The maximum absolute atomic E-state index is 13.1. The molecule has 162 valence electrons. The smallest absolute Gasteiger partial charge is 0.259 e. The number of nitrogens with zero attached hydrogens (tertiary/aromatic N) is 2. The number of carbonyl (C=O) groups excluding carboxylic acids is 1. The Kier molecular flexibility index (Phi) is 5.69. The number of ether oxygens (including phenoxy) is 1. The van der Waals surface area contributed by atoms with E-state index >= 15 is 0 Å². The Bertz CT molecular complexity index is 1110. The minimum Gasteiger partial charge on any atom is -0.379 e. The van der Waals surface area contributed by atoms with Crippen LogP contribution in [0.2, 0.25) is 0 Å². The van der Waals surface area contributed by atoms with Crippen LogP contribution in [0.15, 0.2) is 34.1 Å². The molecular weight excluding hydrogens is 406 g/mol. The summed E-state index contributed by atoms with van der Waals surface area (Å²) in [6, 6.07) is 4.43. The van der Waals surface area contributed by atoms with Crippen LogP contribution in [0.5, 0.6) is 0 Å². The number of hydrogen-bond donors (Lipinski definition) is 1. The molecule has 2 atom stereocenters. The SMILES string of the molecule is C[C@@H]1C[C@H](C)CN(C(=O)c2c[nH]c3ccc(S(=O)(=O)N4CCOCC4)cc3c2=O)C1. The van der Waals surface area contributed by atoms with Crippen molar-refractivity contribution in [2.45, 2.75) is 25.2 Å². The normalized spacial score (nSPS) is 23.6. The van der Waals surface area contributed by atoms with Crippen molar-refractivity contribution in [3.8, 4) is 0 Å². The van der Waals surface area contributed by atoms with Crippen LogP contribution >= 0.6 is 0 Å². The molecule has 4 rings (SSSR count). The van der Waals surface area contributed by atoms with Crippen molar-refractivity contribution >= 4 is 26.8 Å². The van der Waals surface area contributed by atoms with Crippen LogP contribution in [0, 0.1) is 11.8 Å². The van der Waals surface area contributed by atoms with Gasteiger partial charge in [-0.1, -0.05) is 13.8 Å². The van der Waals surface area contributed by atoms with Crippen molar-refractivity contribution in [1.82, 2.24) is 14.2 Å². The summed E-state index contributed by atoms with van der Waals surface area (Å²) in [5, 5.41) is 0.202. The highest BCUT2D eigenvalue weighted by molar-refractivity contribution is 7.89. The zero-order valence-corrected chi connectivity index (χ0v) is 18.1. The number of carbonyl (C=O) groups is 1. The molecule has 30 heavy (non-hydrogen) atoms. The molecule has 0 saturated carbocycles. The predicted molar refractivity (Wildman–Crippen MR) is 113 cm³/mol. The fraction of sp³-hybridized carbons (Fsp3) is 0.524. The molecule has 3 heterocycles. The minimum absolute atomic E-state index is 0.0460. The monoisotopic (exact) mass is 433 g/mol. The zero-order valence-electron chi connectivity index (χ0n) is 17.3. The van der Waals surface area contributed by atoms with Crippen LogP contribution < -0.4 is 5.43 Å². The number of nitrogens with one attached hydrogen (secondary N) is 1. The molecule has 0 bridgehead atoms. The fourth-order valence-electron chi connectivity index (χ4n) is 4.45. The van der Waals surface area contributed by atoms with E-state index in [9.17, 15) is 18.0 Å². The van der Waals surface area contributed by atoms with E-state index in [1.807, 2.05) is 0 Å². The number of rotatable bonds is 3. The second-order valence-electron chi connectivity index (χ2n) is 8.41. The molecule has 1 N–H and O–H groups in total. The largest absolute Gasteiger partial charge is 0.379 e. The number of benzene rings is 1. The Hall–Kier alpha value is -2.23. The third-order valence-corrected chi connectivity index (χ3v) is 7.74. The third kappa shape index (κ3) is 3.89. The summed E-state index contributed by atoms with van der Waals surface area (Å²) in [4.78, 5) is 30.9. The van der Waals surface area contributed by atoms with E-state index in [1.165, 1.54) is 22.6 Å². The standard InChI is InChI=1S/C21H27N3O5S/c1-14-9-15(2)13-23(12-14)21(26)18-11-22-19-4-3-16(10-17(19)20(18)25)30(27,28)24-5-7-29-8-6-24/h3-4,10-11,14-15H,5-9,12-13H2,1-2H3,(H,22,25)/t14-,15+. The lowest BCUT2D eigenvalue weighted by molar-refractivity contribution is 0.0621. The Labute approximate surface area is 175 Å². The van der Waals surface area contributed by atoms with Crippen LogP contribution in [-0.2, 0) is 14.8 Å². The minimum atomic E-state index is -3.73. The van der Waals surface area contributed by atoms with Gasteiger partial charge in [-0.15, -0.1) is 0 Å². The molecule has 0 radical (unpaired) electrons. The van der Waals surface area contributed by atoms with Gasteiger partial charge in [0.05, 0.1) is 18.1 Å². The van der Waals surface area contributed by atoms with Gasteiger partial charge in [0.25, 0.3) is 5.91 Å². The number of amides is 1. The molecule has 9 heteroatoms. The van der Waals surface area contributed by atoms with Crippen molar-refractivity contribution in [2.75, 3.05) is 39.4 Å². The van der Waals surface area contributed by atoms with Gasteiger partial charge >= 0.3 is 0 Å². The lowest BCUT2D eigenvalue weighted by Gasteiger charge is -2.34. The van der Waals surface area contributed by atoms with Gasteiger partial charge in [0.1, 0.15) is 5.56 Å². The summed E-state index contributed by atoms with van der Waals surface area (Å²) in [7, 11) is -3.73. The van der Waals surface area contributed by atoms with Crippen LogP contribution in [0.1, 0.15) is 30.6 Å². The Balaban J connectivity index is 1.71. The highest BCUT2D eigenvalue weighted by Crippen LogP contribution is 2.23. The van der Waals surface area contributed by atoms with Gasteiger partial charge in [0, 0.05) is 43.3 Å². The summed E-state index contributed by atoms with van der Waals surface area (Å²) in [5.74, 6) is 0.447. The Morgan fingerprint density at radius 1 is 1.13 bits per heavy atom. The third-order valence-electron chi connectivity index (χ3n) is 5.85. The number of likely N-dealkylation sites (tertiary alicyclic amines) is 1. The van der Waals surface area contributed by atoms with Gasteiger partial charge < -0.3 is 14.6 Å². The molecule has 0 spiro atoms. The van der Waals surface area contributed by atoms with Gasteiger partial charge in [-0.2, -0.15) is 4.31 Å². The molecule has 1 aromatic heterocycles. The number of fused-ring (bicyclic) bond motifs is 1. The maximum Gasteiger partial charge on any atom is 0.259 e. The molecule has 2 aliphatic rings. The molecule has 2 aromatic rings. The average Bonchev–Trinajstić information content (AvgIpc) is 2.73. The number of aromatic amines is 1. The van der Waals surface area contributed by atoms with Gasteiger partial charge in [-0.3, -0.25) is 9.59 Å². The first-order valence-electron chi connectivity index (χ1n) is 10.3. The number of pyridine rings is 1. The predicted octanol–water partition coefficient (Wildman–Crippen LogP) is 1.67. The van der Waals surface area contributed by atoms with E-state index in [2.05, 4.69) is 18.8 Å². The molecule has 2 aliphatic heterocycles. The van der Waals surface area contributed by atoms with E-state index in [0.29, 0.717) is 43.7 Å². The molecule has 2 saturated heterocycles. The lowest BCUT2D eigenvalue weighted by Crippen LogP contribution is -2.44. The molecule has 0 unspecified atom stereocenters. The fourth-order valence-corrected chi connectivity index (χ4v) is 5.89. The summed E-state index contributed by atoms with van der Waals surface area (Å²) < 4.78 is 32.5. The summed E-state index contributed by atoms with van der Waals surface area (Å²) >= 11 is 0. The number of morpholine rings is 1. The van der Waals surface area contributed by atoms with Crippen molar-refractivity contribution in [3.05, 3.63) is 40.2 Å². The van der Waals surface area contributed by atoms with Gasteiger partial charge in [-0.05, 0) is 36.5 Å². The highest BCUT2D eigenvalue weighted by Gasteiger charge is 2.29. The molecule has 8 nitrogen and oxygen atoms in total. The Morgan fingerprint density at radius 3 is 2.47 bits per heavy atom. The van der Waals surface area contributed by atoms with Crippen LogP contribution in [0.3, 0.4) is 0 Å². The number of aromatic nitrogens is 1. The first-order chi connectivity index (χ1) is 14.3. The topological polar surface area (TPSA) is 99.8 Å². The first kappa shape index (κ1) is 21.0. The quantitative estimate of drug-likeness (QED) is 0.794. The molecular formula is C21H27N3O5S. The van der Waals surface area contributed by atoms with E-state index in [4.69, 9.17) is 4.74 Å². The van der Waals surface area contributed by atoms with Crippen molar-refractivity contribution < 1.29 is 17.9 Å². The van der Waals surface area contributed by atoms with E-state index in [1.54, 1.807) is 11.0 Å².